The maximum atomic E-state index is 12.3. The number of nitrogens with zero attached hydrogens (tertiary/aromatic N) is 3. The average Bonchev–Trinajstić information content (AvgIpc) is 3.47. The third-order valence-electron chi connectivity index (χ3n) is 5.84. The molecule has 2 N–H and O–H groups in total. The van der Waals surface area contributed by atoms with Gasteiger partial charge in [0.1, 0.15) is 5.75 Å². The molecule has 7 nitrogen and oxygen atoms in total. The number of carbonyl (C=O) groups excluding carboxylic acids is 1. The number of carbonyl (C=O) groups is 1. The van der Waals surface area contributed by atoms with Gasteiger partial charge in [0, 0.05) is 37.0 Å². The lowest BCUT2D eigenvalue weighted by molar-refractivity contribution is -0.118. The van der Waals surface area contributed by atoms with Gasteiger partial charge in [-0.1, -0.05) is 24.3 Å². The fourth-order valence-corrected chi connectivity index (χ4v) is 4.59. The minimum atomic E-state index is -0.225. The van der Waals surface area contributed by atoms with E-state index in [9.17, 15) is 4.79 Å². The number of para-hydroxylation sites is 1. The Balaban J connectivity index is 1.34. The van der Waals surface area contributed by atoms with E-state index in [1.54, 1.807) is 6.20 Å². The molecular weight excluding hydrogens is 458 g/mol. The Morgan fingerprint density at radius 1 is 1.06 bits per heavy atom. The Morgan fingerprint density at radius 2 is 1.83 bits per heavy atom. The molecule has 2 aromatic carbocycles. The van der Waals surface area contributed by atoms with Crippen molar-refractivity contribution < 1.29 is 9.53 Å². The molecule has 4 aromatic rings. The summed E-state index contributed by atoms with van der Waals surface area (Å²) in [7, 11) is 2.00. The van der Waals surface area contributed by atoms with Gasteiger partial charge >= 0.3 is 0 Å². The zero-order valence-electron chi connectivity index (χ0n) is 19.2. The SMILES string of the molecule is Cn1ccc([C@@H]2[C@@H](c3ccccn3)NC(=S)N2c2ccc(NC(=O)COc3ccccc3)cc2)c1. The maximum absolute atomic E-state index is 12.3. The van der Waals surface area contributed by atoms with Gasteiger partial charge in [-0.3, -0.25) is 9.78 Å². The largest absolute Gasteiger partial charge is 0.484 e. The number of nitrogens with one attached hydrogen (secondary N) is 2. The molecule has 0 aliphatic carbocycles. The summed E-state index contributed by atoms with van der Waals surface area (Å²) in [6.45, 7) is -0.0618. The molecule has 0 bridgehead atoms. The van der Waals surface area contributed by atoms with Crippen LogP contribution >= 0.6 is 12.2 Å². The molecule has 1 saturated heterocycles. The number of thiocarbonyl (C=S) groups is 1. The van der Waals surface area contributed by atoms with Crippen molar-refractivity contribution in [2.24, 2.45) is 7.05 Å². The third kappa shape index (κ3) is 5.02. The van der Waals surface area contributed by atoms with Crippen LogP contribution in [0.15, 0.2) is 97.5 Å². The molecule has 3 heterocycles. The maximum Gasteiger partial charge on any atom is 0.262 e. The molecule has 35 heavy (non-hydrogen) atoms. The van der Waals surface area contributed by atoms with Gasteiger partial charge in [-0.25, -0.2) is 0 Å². The van der Waals surface area contributed by atoms with Crippen LogP contribution in [0.1, 0.15) is 23.3 Å². The lowest BCUT2D eigenvalue weighted by Gasteiger charge is -2.27. The molecule has 5 rings (SSSR count). The number of ether oxygens (including phenoxy) is 1. The van der Waals surface area contributed by atoms with E-state index in [-0.39, 0.29) is 24.6 Å². The van der Waals surface area contributed by atoms with E-state index in [1.165, 1.54) is 0 Å². The van der Waals surface area contributed by atoms with E-state index in [0.717, 1.165) is 16.9 Å². The Bertz CT molecular complexity index is 1310. The van der Waals surface area contributed by atoms with Gasteiger partial charge in [0.25, 0.3) is 5.91 Å². The highest BCUT2D eigenvalue weighted by molar-refractivity contribution is 7.80. The van der Waals surface area contributed by atoms with Crippen LogP contribution in [-0.4, -0.2) is 27.2 Å². The van der Waals surface area contributed by atoms with E-state index < -0.39 is 0 Å². The van der Waals surface area contributed by atoms with Gasteiger partial charge < -0.3 is 24.8 Å². The Kier molecular flexibility index (Phi) is 6.45. The smallest absolute Gasteiger partial charge is 0.262 e. The van der Waals surface area contributed by atoms with Crippen LogP contribution in [0.4, 0.5) is 11.4 Å². The van der Waals surface area contributed by atoms with Crippen molar-refractivity contribution in [2.75, 3.05) is 16.8 Å². The normalized spacial score (nSPS) is 17.2. The predicted molar refractivity (Wildman–Crippen MR) is 140 cm³/mol. The predicted octanol–water partition coefficient (Wildman–Crippen LogP) is 4.61. The van der Waals surface area contributed by atoms with E-state index in [4.69, 9.17) is 17.0 Å². The van der Waals surface area contributed by atoms with E-state index in [2.05, 4.69) is 32.8 Å². The quantitative estimate of drug-likeness (QED) is 0.374. The summed E-state index contributed by atoms with van der Waals surface area (Å²) in [5.41, 5.74) is 3.67. The number of aryl methyl sites for hydroxylation is 1. The van der Waals surface area contributed by atoms with Crippen molar-refractivity contribution in [3.05, 3.63) is 109 Å². The second-order valence-corrected chi connectivity index (χ2v) is 8.69. The molecule has 0 saturated carbocycles. The van der Waals surface area contributed by atoms with Gasteiger partial charge in [-0.05, 0) is 72.4 Å². The van der Waals surface area contributed by atoms with Crippen LogP contribution in [0.5, 0.6) is 5.75 Å². The summed E-state index contributed by atoms with van der Waals surface area (Å²) in [6, 6.07) is 24.7. The minimum Gasteiger partial charge on any atom is -0.484 e. The number of rotatable bonds is 7. The van der Waals surface area contributed by atoms with Crippen molar-refractivity contribution in [1.29, 1.82) is 0 Å². The van der Waals surface area contributed by atoms with Crippen LogP contribution in [0, 0.1) is 0 Å². The molecule has 1 aliphatic rings. The second-order valence-electron chi connectivity index (χ2n) is 8.30. The van der Waals surface area contributed by atoms with Crippen molar-refractivity contribution in [3.8, 4) is 5.75 Å². The molecule has 0 spiro atoms. The molecule has 8 heteroatoms. The number of hydrogen-bond donors (Lipinski definition) is 2. The first kappa shape index (κ1) is 22.6. The highest BCUT2D eigenvalue weighted by Crippen LogP contribution is 2.41. The molecule has 2 aromatic heterocycles. The summed E-state index contributed by atoms with van der Waals surface area (Å²) in [5.74, 6) is 0.430. The Hall–Kier alpha value is -4.17. The summed E-state index contributed by atoms with van der Waals surface area (Å²) in [6.07, 6.45) is 5.93. The minimum absolute atomic E-state index is 0.0618. The monoisotopic (exact) mass is 483 g/mol. The number of hydrogen-bond acceptors (Lipinski definition) is 4. The van der Waals surface area contributed by atoms with E-state index in [1.807, 2.05) is 90.6 Å². The first-order chi connectivity index (χ1) is 17.1. The number of amides is 1. The van der Waals surface area contributed by atoms with E-state index in [0.29, 0.717) is 16.5 Å². The summed E-state index contributed by atoms with van der Waals surface area (Å²) in [5, 5.41) is 6.96. The van der Waals surface area contributed by atoms with Crippen LogP contribution in [0.3, 0.4) is 0 Å². The van der Waals surface area contributed by atoms with Crippen LogP contribution in [0.25, 0.3) is 0 Å². The number of pyridine rings is 1. The van der Waals surface area contributed by atoms with Crippen molar-refractivity contribution in [3.63, 3.8) is 0 Å². The van der Waals surface area contributed by atoms with Crippen molar-refractivity contribution in [1.82, 2.24) is 14.9 Å². The summed E-state index contributed by atoms with van der Waals surface area (Å²) in [4.78, 5) is 19.0. The summed E-state index contributed by atoms with van der Waals surface area (Å²) < 4.78 is 7.55. The molecule has 1 aliphatic heterocycles. The number of anilines is 2. The van der Waals surface area contributed by atoms with Crippen molar-refractivity contribution in [2.45, 2.75) is 12.1 Å². The topological polar surface area (TPSA) is 71.4 Å². The number of aromatic nitrogens is 2. The number of benzene rings is 2. The second kappa shape index (κ2) is 9.99. The first-order valence-corrected chi connectivity index (χ1v) is 11.7. The lowest BCUT2D eigenvalue weighted by atomic mass is 9.98. The summed E-state index contributed by atoms with van der Waals surface area (Å²) >= 11 is 5.76. The molecule has 1 fully saturated rings. The Morgan fingerprint density at radius 3 is 2.51 bits per heavy atom. The average molecular weight is 484 g/mol. The zero-order chi connectivity index (χ0) is 24.2. The molecule has 0 unspecified atom stereocenters. The highest BCUT2D eigenvalue weighted by Gasteiger charge is 2.40. The lowest BCUT2D eigenvalue weighted by Crippen LogP contribution is -2.29. The van der Waals surface area contributed by atoms with Gasteiger partial charge in [-0.15, -0.1) is 0 Å². The fraction of sp³-hybridized carbons (Fsp3) is 0.148. The first-order valence-electron chi connectivity index (χ1n) is 11.3. The van der Waals surface area contributed by atoms with Crippen molar-refractivity contribution >= 4 is 34.6 Å². The van der Waals surface area contributed by atoms with Gasteiger partial charge in [0.05, 0.1) is 17.8 Å². The standard InChI is InChI=1S/C27H25N5O2S/c1-31-16-14-19(17-31)26-25(23-9-5-6-15-28-23)30-27(35)32(26)21-12-10-20(11-13-21)29-24(33)18-34-22-7-3-2-4-8-22/h2-17,25-26H,18H2,1H3,(H,29,33)(H,30,35)/t25-,26-/m1/s1. The fourth-order valence-electron chi connectivity index (χ4n) is 4.24. The van der Waals surface area contributed by atoms with Crippen LogP contribution in [0.2, 0.25) is 0 Å². The Labute approximate surface area is 209 Å². The molecular formula is C27H25N5O2S. The van der Waals surface area contributed by atoms with E-state index >= 15 is 0 Å². The molecule has 2 atom stereocenters. The van der Waals surface area contributed by atoms with Crippen LogP contribution < -0.4 is 20.3 Å². The van der Waals surface area contributed by atoms with Gasteiger partial charge in [-0.2, -0.15) is 0 Å². The third-order valence-corrected chi connectivity index (χ3v) is 6.15. The zero-order valence-corrected chi connectivity index (χ0v) is 20.0. The van der Waals surface area contributed by atoms with Gasteiger partial charge in [0.15, 0.2) is 11.7 Å². The molecule has 0 radical (unpaired) electrons. The highest BCUT2D eigenvalue weighted by atomic mass is 32.1. The molecule has 176 valence electrons. The van der Waals surface area contributed by atoms with Gasteiger partial charge in [0.2, 0.25) is 0 Å². The molecule has 1 amide bonds. The van der Waals surface area contributed by atoms with Crippen LogP contribution in [-0.2, 0) is 11.8 Å².